The van der Waals surface area contributed by atoms with Gasteiger partial charge in [0, 0.05) is 18.7 Å². The monoisotopic (exact) mass is 291 g/mol. The zero-order chi connectivity index (χ0) is 15.2. The SMILES string of the molecule is CCCOc1ccc(N2CC(C(=O)OCC)CC2=O)cc1. The Bertz CT molecular complexity index is 498. The first-order valence-electron chi connectivity index (χ1n) is 7.35. The molecule has 1 amide bonds. The lowest BCUT2D eigenvalue weighted by molar-refractivity contribution is -0.147. The van der Waals surface area contributed by atoms with Crippen LogP contribution in [0, 0.1) is 5.92 Å². The van der Waals surface area contributed by atoms with Gasteiger partial charge in [-0.2, -0.15) is 0 Å². The van der Waals surface area contributed by atoms with Crippen molar-refractivity contribution in [3.8, 4) is 5.75 Å². The van der Waals surface area contributed by atoms with Crippen LogP contribution in [0.5, 0.6) is 5.75 Å². The van der Waals surface area contributed by atoms with Gasteiger partial charge in [0.05, 0.1) is 19.1 Å². The fourth-order valence-electron chi connectivity index (χ4n) is 2.32. The fourth-order valence-corrected chi connectivity index (χ4v) is 2.32. The average Bonchev–Trinajstić information content (AvgIpc) is 2.88. The van der Waals surface area contributed by atoms with E-state index < -0.39 is 0 Å². The molecule has 21 heavy (non-hydrogen) atoms. The van der Waals surface area contributed by atoms with Crippen LogP contribution in [0.4, 0.5) is 5.69 Å². The molecule has 1 aliphatic heterocycles. The van der Waals surface area contributed by atoms with E-state index in [9.17, 15) is 9.59 Å². The molecule has 1 aromatic carbocycles. The van der Waals surface area contributed by atoms with Crippen LogP contribution in [-0.2, 0) is 14.3 Å². The molecule has 5 heteroatoms. The smallest absolute Gasteiger partial charge is 0.311 e. The first-order valence-corrected chi connectivity index (χ1v) is 7.35. The molecule has 0 spiro atoms. The van der Waals surface area contributed by atoms with E-state index in [1.54, 1.807) is 11.8 Å². The fraction of sp³-hybridized carbons (Fsp3) is 0.500. The summed E-state index contributed by atoms with van der Waals surface area (Å²) in [5.74, 6) is 0.0779. The molecule has 1 unspecified atom stereocenters. The van der Waals surface area contributed by atoms with Crippen molar-refractivity contribution in [3.05, 3.63) is 24.3 Å². The Balaban J connectivity index is 2.01. The molecule has 5 nitrogen and oxygen atoms in total. The number of rotatable bonds is 6. The van der Waals surface area contributed by atoms with Crippen molar-refractivity contribution in [3.63, 3.8) is 0 Å². The van der Waals surface area contributed by atoms with E-state index in [0.717, 1.165) is 17.9 Å². The Hall–Kier alpha value is -2.04. The highest BCUT2D eigenvalue weighted by atomic mass is 16.5. The molecule has 114 valence electrons. The maximum atomic E-state index is 12.0. The molecule has 1 aliphatic rings. The zero-order valence-electron chi connectivity index (χ0n) is 12.5. The quantitative estimate of drug-likeness (QED) is 0.755. The maximum absolute atomic E-state index is 12.0. The number of nitrogens with zero attached hydrogens (tertiary/aromatic N) is 1. The van der Waals surface area contributed by atoms with Crippen molar-refractivity contribution in [2.24, 2.45) is 5.92 Å². The van der Waals surface area contributed by atoms with E-state index in [4.69, 9.17) is 9.47 Å². The highest BCUT2D eigenvalue weighted by Crippen LogP contribution is 2.27. The second-order valence-corrected chi connectivity index (χ2v) is 5.00. The summed E-state index contributed by atoms with van der Waals surface area (Å²) in [6, 6.07) is 7.37. The number of carbonyl (C=O) groups excluding carboxylic acids is 2. The van der Waals surface area contributed by atoms with Gasteiger partial charge in [0.2, 0.25) is 5.91 Å². The van der Waals surface area contributed by atoms with Gasteiger partial charge in [0.25, 0.3) is 0 Å². The van der Waals surface area contributed by atoms with Gasteiger partial charge in [-0.25, -0.2) is 0 Å². The minimum absolute atomic E-state index is 0.0460. The molecule has 0 bridgehead atoms. The topological polar surface area (TPSA) is 55.8 Å². The molecule has 1 fully saturated rings. The highest BCUT2D eigenvalue weighted by Gasteiger charge is 2.35. The number of ether oxygens (including phenoxy) is 2. The molecule has 0 aromatic heterocycles. The van der Waals surface area contributed by atoms with Crippen LogP contribution in [0.15, 0.2) is 24.3 Å². The molecule has 1 heterocycles. The lowest BCUT2D eigenvalue weighted by Crippen LogP contribution is -2.26. The van der Waals surface area contributed by atoms with E-state index in [1.165, 1.54) is 0 Å². The average molecular weight is 291 g/mol. The second kappa shape index (κ2) is 7.11. The molecule has 1 atom stereocenters. The number of carbonyl (C=O) groups is 2. The van der Waals surface area contributed by atoms with E-state index in [1.807, 2.05) is 31.2 Å². The number of hydrogen-bond donors (Lipinski definition) is 0. The molecular weight excluding hydrogens is 270 g/mol. The highest BCUT2D eigenvalue weighted by molar-refractivity contribution is 5.99. The van der Waals surface area contributed by atoms with Crippen LogP contribution in [0.1, 0.15) is 26.7 Å². The lowest BCUT2D eigenvalue weighted by Gasteiger charge is -2.17. The Morgan fingerprint density at radius 2 is 2.00 bits per heavy atom. The predicted octanol–water partition coefficient (Wildman–Crippen LogP) is 2.39. The van der Waals surface area contributed by atoms with Gasteiger partial charge in [-0.05, 0) is 37.6 Å². The van der Waals surface area contributed by atoms with Gasteiger partial charge in [0.15, 0.2) is 0 Å². The third-order valence-corrected chi connectivity index (χ3v) is 3.37. The minimum atomic E-state index is -0.367. The summed E-state index contributed by atoms with van der Waals surface area (Å²) in [7, 11) is 0. The Labute approximate surface area is 124 Å². The summed E-state index contributed by atoms with van der Waals surface area (Å²) < 4.78 is 10.5. The Morgan fingerprint density at radius 3 is 2.62 bits per heavy atom. The van der Waals surface area contributed by atoms with E-state index in [0.29, 0.717) is 19.8 Å². The summed E-state index contributed by atoms with van der Waals surface area (Å²) in [6.45, 7) is 5.21. The number of benzene rings is 1. The van der Waals surface area contributed by atoms with Gasteiger partial charge in [-0.15, -0.1) is 0 Å². The summed E-state index contributed by atoms with van der Waals surface area (Å²) in [4.78, 5) is 25.4. The first-order chi connectivity index (χ1) is 10.2. The van der Waals surface area contributed by atoms with Crippen molar-refractivity contribution in [2.45, 2.75) is 26.7 Å². The largest absolute Gasteiger partial charge is 0.494 e. The van der Waals surface area contributed by atoms with Crippen molar-refractivity contribution in [1.82, 2.24) is 0 Å². The van der Waals surface area contributed by atoms with Crippen LogP contribution in [0.25, 0.3) is 0 Å². The van der Waals surface area contributed by atoms with Crippen LogP contribution in [0.3, 0.4) is 0 Å². The van der Waals surface area contributed by atoms with Crippen molar-refractivity contribution in [2.75, 3.05) is 24.7 Å². The minimum Gasteiger partial charge on any atom is -0.494 e. The normalized spacial score (nSPS) is 17.9. The van der Waals surface area contributed by atoms with Crippen molar-refractivity contribution >= 4 is 17.6 Å². The Morgan fingerprint density at radius 1 is 1.29 bits per heavy atom. The second-order valence-electron chi connectivity index (χ2n) is 5.00. The van der Waals surface area contributed by atoms with Crippen molar-refractivity contribution in [1.29, 1.82) is 0 Å². The number of amides is 1. The molecule has 1 aromatic rings. The molecule has 0 N–H and O–H groups in total. The van der Waals surface area contributed by atoms with Gasteiger partial charge < -0.3 is 14.4 Å². The van der Waals surface area contributed by atoms with Crippen LogP contribution in [-0.4, -0.2) is 31.6 Å². The van der Waals surface area contributed by atoms with Crippen LogP contribution >= 0.6 is 0 Å². The molecule has 0 radical (unpaired) electrons. The van der Waals surface area contributed by atoms with Crippen molar-refractivity contribution < 1.29 is 19.1 Å². The Kier molecular flexibility index (Phi) is 5.20. The summed E-state index contributed by atoms with van der Waals surface area (Å²) in [6.07, 6.45) is 1.17. The van der Waals surface area contributed by atoms with Gasteiger partial charge in [-0.3, -0.25) is 9.59 Å². The third-order valence-electron chi connectivity index (χ3n) is 3.37. The number of esters is 1. The van der Waals surface area contributed by atoms with Gasteiger partial charge >= 0.3 is 5.97 Å². The summed E-state index contributed by atoms with van der Waals surface area (Å²) in [5, 5.41) is 0. The first kappa shape index (κ1) is 15.4. The van der Waals surface area contributed by atoms with E-state index >= 15 is 0 Å². The van der Waals surface area contributed by atoms with E-state index in [-0.39, 0.29) is 24.2 Å². The zero-order valence-corrected chi connectivity index (χ0v) is 12.5. The number of anilines is 1. The molecular formula is C16H21NO4. The summed E-state index contributed by atoms with van der Waals surface area (Å²) in [5.41, 5.74) is 0.788. The van der Waals surface area contributed by atoms with Crippen LogP contribution < -0.4 is 9.64 Å². The third kappa shape index (κ3) is 3.74. The molecule has 1 saturated heterocycles. The standard InChI is InChI=1S/C16H21NO4/c1-3-9-21-14-7-5-13(6-8-14)17-11-12(10-15(17)18)16(19)20-4-2/h5-8,12H,3-4,9-11H2,1-2H3. The van der Waals surface area contributed by atoms with E-state index in [2.05, 4.69) is 0 Å². The molecule has 2 rings (SSSR count). The lowest BCUT2D eigenvalue weighted by atomic mass is 10.1. The number of hydrogen-bond acceptors (Lipinski definition) is 4. The van der Waals surface area contributed by atoms with Gasteiger partial charge in [-0.1, -0.05) is 6.92 Å². The predicted molar refractivity (Wildman–Crippen MR) is 79.3 cm³/mol. The summed E-state index contributed by atoms with van der Waals surface area (Å²) >= 11 is 0. The van der Waals surface area contributed by atoms with Crippen LogP contribution in [0.2, 0.25) is 0 Å². The van der Waals surface area contributed by atoms with Gasteiger partial charge in [0.1, 0.15) is 5.75 Å². The maximum Gasteiger partial charge on any atom is 0.311 e. The molecule has 0 saturated carbocycles. The molecule has 0 aliphatic carbocycles.